The van der Waals surface area contributed by atoms with E-state index in [0.29, 0.717) is 32.4 Å². The molecule has 0 radical (unpaired) electrons. The van der Waals surface area contributed by atoms with Crippen molar-refractivity contribution in [1.29, 1.82) is 0 Å². The van der Waals surface area contributed by atoms with Crippen LogP contribution >= 0.6 is 11.3 Å². The quantitative estimate of drug-likeness (QED) is 0.335. The van der Waals surface area contributed by atoms with Crippen LogP contribution in [0.4, 0.5) is 0 Å². The van der Waals surface area contributed by atoms with E-state index in [2.05, 4.69) is 4.98 Å². The third-order valence-electron chi connectivity index (χ3n) is 6.16. The van der Waals surface area contributed by atoms with Crippen LogP contribution in [-0.2, 0) is 35.4 Å². The first-order chi connectivity index (χ1) is 17.5. The summed E-state index contributed by atoms with van der Waals surface area (Å²) in [6.07, 6.45) is 1.59. The maximum atomic E-state index is 13.0. The molecule has 0 atom stereocenters. The molecule has 36 heavy (non-hydrogen) atoms. The van der Waals surface area contributed by atoms with E-state index in [1.807, 2.05) is 83.8 Å². The van der Waals surface area contributed by atoms with Crippen molar-refractivity contribution >= 4 is 23.2 Å². The number of carbonyl (C=O) groups excluding carboxylic acids is 1. The van der Waals surface area contributed by atoms with Gasteiger partial charge in [0.2, 0.25) is 5.91 Å². The Balaban J connectivity index is 1.17. The van der Waals surface area contributed by atoms with Crippen LogP contribution in [-0.4, -0.2) is 33.4 Å². The number of aromatic nitrogens is 1. The summed E-state index contributed by atoms with van der Waals surface area (Å²) in [5.41, 5.74) is 4.15. The lowest BCUT2D eigenvalue weighted by atomic mass is 10.0. The minimum absolute atomic E-state index is 0.0800. The average molecular weight is 499 g/mol. The highest BCUT2D eigenvalue weighted by molar-refractivity contribution is 7.11. The Bertz CT molecular complexity index is 1350. The maximum absolute atomic E-state index is 13.0. The number of carboxylic acid groups (broad SMARTS) is 1. The van der Waals surface area contributed by atoms with Crippen LogP contribution in [0.1, 0.15) is 27.6 Å². The van der Waals surface area contributed by atoms with Crippen molar-refractivity contribution < 1.29 is 19.4 Å². The maximum Gasteiger partial charge on any atom is 0.303 e. The molecule has 1 aliphatic heterocycles. The summed E-state index contributed by atoms with van der Waals surface area (Å²) in [7, 11) is 0. The van der Waals surface area contributed by atoms with Crippen molar-refractivity contribution in [2.24, 2.45) is 0 Å². The SMILES string of the molecule is O=C(O)CCc1nc2c(s1)CN(C(=O)Cc1ccc(-c3ccc(Oc4ccccc4)cc3)cc1)CC2. The van der Waals surface area contributed by atoms with Gasteiger partial charge in [-0.3, -0.25) is 9.59 Å². The number of fused-ring (bicyclic) bond motifs is 1. The van der Waals surface area contributed by atoms with Gasteiger partial charge in [-0.05, 0) is 41.0 Å². The normalized spacial score (nSPS) is 12.7. The van der Waals surface area contributed by atoms with Crippen LogP contribution in [0.5, 0.6) is 11.5 Å². The number of thiazole rings is 1. The molecule has 0 bridgehead atoms. The standard InChI is InChI=1S/C29H26N2O4S/c32-28(31-17-16-25-26(19-31)36-27(30-25)14-15-29(33)34)18-20-6-8-21(9-7-20)22-10-12-24(13-11-22)35-23-4-2-1-3-5-23/h1-13H,14-19H2,(H,33,34). The Morgan fingerprint density at radius 3 is 2.28 bits per heavy atom. The highest BCUT2D eigenvalue weighted by Gasteiger charge is 2.24. The van der Waals surface area contributed by atoms with Gasteiger partial charge in [-0.1, -0.05) is 54.6 Å². The summed E-state index contributed by atoms with van der Waals surface area (Å²) < 4.78 is 5.87. The number of para-hydroxylation sites is 1. The first-order valence-electron chi connectivity index (χ1n) is 11.9. The van der Waals surface area contributed by atoms with Gasteiger partial charge in [0, 0.05) is 24.3 Å². The monoisotopic (exact) mass is 498 g/mol. The van der Waals surface area contributed by atoms with Gasteiger partial charge in [-0.25, -0.2) is 4.98 Å². The molecular formula is C29H26N2O4S. The van der Waals surface area contributed by atoms with Crippen molar-refractivity contribution in [3.05, 3.63) is 100 Å². The topological polar surface area (TPSA) is 79.7 Å². The molecule has 0 aliphatic carbocycles. The number of rotatable bonds is 8. The molecular weight excluding hydrogens is 472 g/mol. The second-order valence-corrected chi connectivity index (χ2v) is 9.92. The second kappa shape index (κ2) is 10.7. The second-order valence-electron chi connectivity index (χ2n) is 8.75. The predicted octanol–water partition coefficient (Wildman–Crippen LogP) is 5.75. The molecule has 6 nitrogen and oxygen atoms in total. The zero-order chi connectivity index (χ0) is 24.9. The number of carbonyl (C=O) groups is 2. The molecule has 0 saturated carbocycles. The van der Waals surface area contributed by atoms with E-state index >= 15 is 0 Å². The largest absolute Gasteiger partial charge is 0.481 e. The molecule has 182 valence electrons. The third-order valence-corrected chi connectivity index (χ3v) is 7.30. The Kier molecular flexibility index (Phi) is 7.09. The Labute approximate surface area is 213 Å². The number of hydrogen-bond acceptors (Lipinski definition) is 5. The smallest absolute Gasteiger partial charge is 0.303 e. The van der Waals surface area contributed by atoms with Gasteiger partial charge in [0.05, 0.1) is 30.1 Å². The molecule has 0 fully saturated rings. The van der Waals surface area contributed by atoms with Crippen molar-refractivity contribution in [2.45, 2.75) is 32.2 Å². The fraction of sp³-hybridized carbons (Fsp3) is 0.207. The number of aliphatic carboxylic acids is 1. The van der Waals surface area contributed by atoms with E-state index in [4.69, 9.17) is 9.84 Å². The number of amides is 1. The Morgan fingerprint density at radius 1 is 0.917 bits per heavy atom. The molecule has 0 unspecified atom stereocenters. The molecule has 1 N–H and O–H groups in total. The molecule has 2 heterocycles. The van der Waals surface area contributed by atoms with Crippen LogP contribution in [0.25, 0.3) is 11.1 Å². The molecule has 0 saturated heterocycles. The molecule has 1 aromatic heterocycles. The number of benzene rings is 3. The van der Waals surface area contributed by atoms with E-state index in [1.165, 1.54) is 11.3 Å². The van der Waals surface area contributed by atoms with Gasteiger partial charge in [0.1, 0.15) is 11.5 Å². The summed E-state index contributed by atoms with van der Waals surface area (Å²) in [4.78, 5) is 31.3. The lowest BCUT2D eigenvalue weighted by Crippen LogP contribution is -2.36. The van der Waals surface area contributed by atoms with Crippen molar-refractivity contribution in [1.82, 2.24) is 9.88 Å². The molecule has 5 rings (SSSR count). The van der Waals surface area contributed by atoms with Crippen molar-refractivity contribution in [3.63, 3.8) is 0 Å². The van der Waals surface area contributed by atoms with E-state index in [0.717, 1.165) is 43.8 Å². The van der Waals surface area contributed by atoms with Crippen LogP contribution < -0.4 is 4.74 Å². The fourth-order valence-corrected chi connectivity index (χ4v) is 5.35. The van der Waals surface area contributed by atoms with E-state index < -0.39 is 5.97 Å². The highest BCUT2D eigenvalue weighted by atomic mass is 32.1. The summed E-state index contributed by atoms with van der Waals surface area (Å²) in [5, 5.41) is 9.73. The minimum atomic E-state index is -0.819. The highest BCUT2D eigenvalue weighted by Crippen LogP contribution is 2.28. The molecule has 4 aromatic rings. The number of hydrogen-bond donors (Lipinski definition) is 1. The molecule has 3 aromatic carbocycles. The lowest BCUT2D eigenvalue weighted by Gasteiger charge is -2.26. The summed E-state index contributed by atoms with van der Waals surface area (Å²) in [6.45, 7) is 1.19. The fourth-order valence-electron chi connectivity index (χ4n) is 4.22. The first kappa shape index (κ1) is 23.8. The molecule has 1 amide bonds. The first-order valence-corrected chi connectivity index (χ1v) is 12.7. The summed E-state index contributed by atoms with van der Waals surface area (Å²) >= 11 is 1.53. The zero-order valence-corrected chi connectivity index (χ0v) is 20.5. The molecule has 0 spiro atoms. The number of aryl methyl sites for hydroxylation is 1. The van der Waals surface area contributed by atoms with E-state index in [9.17, 15) is 9.59 Å². The van der Waals surface area contributed by atoms with Crippen LogP contribution in [0, 0.1) is 0 Å². The molecule has 1 aliphatic rings. The predicted molar refractivity (Wildman–Crippen MR) is 139 cm³/mol. The number of carboxylic acids is 1. The minimum Gasteiger partial charge on any atom is -0.481 e. The Morgan fingerprint density at radius 2 is 1.58 bits per heavy atom. The van der Waals surface area contributed by atoms with Gasteiger partial charge in [0.25, 0.3) is 0 Å². The Hall–Kier alpha value is -3.97. The van der Waals surface area contributed by atoms with Crippen LogP contribution in [0.15, 0.2) is 78.9 Å². The van der Waals surface area contributed by atoms with Crippen LogP contribution in [0.2, 0.25) is 0 Å². The van der Waals surface area contributed by atoms with Gasteiger partial charge in [0.15, 0.2) is 0 Å². The van der Waals surface area contributed by atoms with Gasteiger partial charge < -0.3 is 14.7 Å². The van der Waals surface area contributed by atoms with Crippen molar-refractivity contribution in [2.75, 3.05) is 6.54 Å². The third kappa shape index (κ3) is 5.80. The summed E-state index contributed by atoms with van der Waals surface area (Å²) in [5.74, 6) is 0.862. The van der Waals surface area contributed by atoms with Crippen molar-refractivity contribution in [3.8, 4) is 22.6 Å². The summed E-state index contributed by atoms with van der Waals surface area (Å²) in [6, 6.07) is 25.8. The zero-order valence-electron chi connectivity index (χ0n) is 19.7. The van der Waals surface area contributed by atoms with Gasteiger partial charge in [-0.2, -0.15) is 0 Å². The number of ether oxygens (including phenoxy) is 1. The van der Waals surface area contributed by atoms with Gasteiger partial charge in [-0.15, -0.1) is 11.3 Å². The number of nitrogens with zero attached hydrogens (tertiary/aromatic N) is 2. The van der Waals surface area contributed by atoms with E-state index in [1.54, 1.807) is 0 Å². The van der Waals surface area contributed by atoms with Crippen LogP contribution in [0.3, 0.4) is 0 Å². The van der Waals surface area contributed by atoms with E-state index in [-0.39, 0.29) is 12.3 Å². The van der Waals surface area contributed by atoms with Gasteiger partial charge >= 0.3 is 5.97 Å². The molecule has 7 heteroatoms. The lowest BCUT2D eigenvalue weighted by molar-refractivity contribution is -0.137. The average Bonchev–Trinajstić information content (AvgIpc) is 3.31.